The predicted octanol–water partition coefficient (Wildman–Crippen LogP) is 6.36. The number of nitrogens with zero attached hydrogens (tertiary/aromatic N) is 2. The number of aromatic nitrogens is 1. The molecule has 3 atom stereocenters. The molecule has 0 amide bonds. The summed E-state index contributed by atoms with van der Waals surface area (Å²) < 4.78 is 47.9. The number of carboxylic acid groups (broad SMARTS) is 1. The highest BCUT2D eigenvalue weighted by Gasteiger charge is 2.34. The predicted molar refractivity (Wildman–Crippen MR) is 136 cm³/mol. The maximum atomic E-state index is 15.4. The number of pyridine rings is 1. The van der Waals surface area contributed by atoms with Crippen LogP contribution in [-0.4, -0.2) is 47.7 Å². The van der Waals surface area contributed by atoms with E-state index in [9.17, 15) is 18.7 Å². The van der Waals surface area contributed by atoms with Crippen LogP contribution in [0, 0.1) is 23.5 Å². The lowest BCUT2D eigenvalue weighted by Crippen LogP contribution is -2.44. The van der Waals surface area contributed by atoms with Gasteiger partial charge in [-0.25, -0.2) is 13.2 Å². The Morgan fingerprint density at radius 2 is 2.05 bits per heavy atom. The summed E-state index contributed by atoms with van der Waals surface area (Å²) in [6.07, 6.45) is 3.67. The van der Waals surface area contributed by atoms with Crippen LogP contribution in [0.25, 0.3) is 10.9 Å². The van der Waals surface area contributed by atoms with Crippen LogP contribution in [0.5, 0.6) is 5.75 Å². The number of fused-ring (bicyclic) bond motifs is 1. The maximum absolute atomic E-state index is 15.4. The first-order chi connectivity index (χ1) is 17.9. The van der Waals surface area contributed by atoms with Crippen LogP contribution in [0.3, 0.4) is 0 Å². The summed E-state index contributed by atoms with van der Waals surface area (Å²) in [6, 6.07) is 11.3. The number of hydrogen-bond donors (Lipinski definition) is 1. The number of alkyl halides is 1. The Hall–Kier alpha value is -3.13. The van der Waals surface area contributed by atoms with Gasteiger partial charge in [-0.15, -0.1) is 0 Å². The molecule has 4 rings (SSSR count). The molecular weight excluding hydrogens is 481 g/mol. The first kappa shape index (κ1) is 26.9. The van der Waals surface area contributed by atoms with E-state index < -0.39 is 29.7 Å². The van der Waals surface area contributed by atoms with E-state index in [1.807, 2.05) is 0 Å². The van der Waals surface area contributed by atoms with Crippen molar-refractivity contribution in [2.75, 3.05) is 26.7 Å². The molecule has 5 nitrogen and oxygen atoms in total. The molecule has 0 aliphatic carbocycles. The summed E-state index contributed by atoms with van der Waals surface area (Å²) in [6.45, 7) is 1.86. The number of carboxylic acids is 1. The summed E-state index contributed by atoms with van der Waals surface area (Å²) in [5.41, 5.74) is 1.60. The summed E-state index contributed by atoms with van der Waals surface area (Å²) in [5, 5.41) is 10.6. The van der Waals surface area contributed by atoms with Crippen LogP contribution in [0.2, 0.25) is 0 Å². The average Bonchev–Trinajstić information content (AvgIpc) is 2.91. The van der Waals surface area contributed by atoms with Gasteiger partial charge >= 0.3 is 5.97 Å². The zero-order chi connectivity index (χ0) is 26.4. The van der Waals surface area contributed by atoms with Crippen LogP contribution in [-0.2, 0) is 11.2 Å². The summed E-state index contributed by atoms with van der Waals surface area (Å²) >= 11 is 0. The fourth-order valence-corrected chi connectivity index (χ4v) is 5.35. The Morgan fingerprint density at radius 3 is 2.84 bits per heavy atom. The van der Waals surface area contributed by atoms with Gasteiger partial charge in [0, 0.05) is 18.1 Å². The third-order valence-electron chi connectivity index (χ3n) is 7.47. The second kappa shape index (κ2) is 12.4. The van der Waals surface area contributed by atoms with Gasteiger partial charge in [0.05, 0.1) is 18.5 Å². The van der Waals surface area contributed by atoms with Crippen molar-refractivity contribution >= 4 is 16.9 Å². The van der Waals surface area contributed by atoms with Gasteiger partial charge in [0.25, 0.3) is 0 Å². The second-order valence-corrected chi connectivity index (χ2v) is 9.79. The molecule has 0 saturated carbocycles. The van der Waals surface area contributed by atoms with Gasteiger partial charge in [-0.2, -0.15) is 0 Å². The lowest BCUT2D eigenvalue weighted by molar-refractivity contribution is -0.146. The van der Waals surface area contributed by atoms with Crippen LogP contribution in [0.1, 0.15) is 49.4 Å². The van der Waals surface area contributed by atoms with Crippen molar-refractivity contribution in [1.29, 1.82) is 0 Å². The van der Waals surface area contributed by atoms with Gasteiger partial charge in [-0.3, -0.25) is 9.78 Å². The monoisotopic (exact) mass is 514 g/mol. The summed E-state index contributed by atoms with van der Waals surface area (Å²) in [4.78, 5) is 18.5. The number of hydrogen-bond acceptors (Lipinski definition) is 4. The molecular formula is C29H33F3N2O3. The smallest absolute Gasteiger partial charge is 0.308 e. The van der Waals surface area contributed by atoms with Crippen molar-refractivity contribution < 1.29 is 27.8 Å². The lowest BCUT2D eigenvalue weighted by atomic mass is 9.81. The average molecular weight is 515 g/mol. The molecule has 1 aliphatic rings. The molecule has 1 N–H and O–H groups in total. The Labute approximate surface area is 215 Å². The number of aryl methyl sites for hydroxylation is 1. The molecule has 37 heavy (non-hydrogen) atoms. The molecule has 0 unspecified atom stereocenters. The van der Waals surface area contributed by atoms with E-state index >= 15 is 4.39 Å². The zero-order valence-electron chi connectivity index (χ0n) is 21.0. The van der Waals surface area contributed by atoms with Gasteiger partial charge in [-0.05, 0) is 99.0 Å². The number of likely N-dealkylation sites (tertiary alicyclic amines) is 1. The van der Waals surface area contributed by atoms with Crippen LogP contribution in [0.15, 0.2) is 48.7 Å². The Balaban J connectivity index is 1.30. The van der Waals surface area contributed by atoms with E-state index in [4.69, 9.17) is 4.74 Å². The van der Waals surface area contributed by atoms with E-state index in [1.165, 1.54) is 6.07 Å². The SMILES string of the molecule is COc1ccc2nccc([C@@H](F)CC[C@@H]3CCN(CCCCc4cccc(F)c4F)C[C@@H]3C(=O)O)c2c1. The van der Waals surface area contributed by atoms with Crippen molar-refractivity contribution in [1.82, 2.24) is 9.88 Å². The molecule has 2 aromatic carbocycles. The fourth-order valence-electron chi connectivity index (χ4n) is 5.35. The standard InChI is InChI=1S/C29H33F3N2O3/c1-37-21-9-11-27-23(17-21)22(12-14-33-27)25(30)10-8-19-13-16-34(18-24(19)29(35)36)15-3-2-5-20-6-4-7-26(31)28(20)32/h4,6-7,9,11-12,14,17,19,24-25H,2-3,5,8,10,13,15-16,18H2,1H3,(H,35,36)/t19-,24+,25+/m1/s1. The Kier molecular flexibility index (Phi) is 9.03. The first-order valence-corrected chi connectivity index (χ1v) is 12.8. The van der Waals surface area contributed by atoms with E-state index in [0.717, 1.165) is 19.0 Å². The number of rotatable bonds is 11. The van der Waals surface area contributed by atoms with Gasteiger partial charge in [0.2, 0.25) is 0 Å². The maximum Gasteiger partial charge on any atom is 0.308 e. The van der Waals surface area contributed by atoms with Crippen molar-refractivity contribution in [3.8, 4) is 5.75 Å². The number of benzene rings is 2. The summed E-state index contributed by atoms with van der Waals surface area (Å²) in [7, 11) is 1.56. The van der Waals surface area contributed by atoms with Crippen LogP contribution in [0.4, 0.5) is 13.2 Å². The first-order valence-electron chi connectivity index (χ1n) is 12.8. The summed E-state index contributed by atoms with van der Waals surface area (Å²) in [5.74, 6) is -2.51. The van der Waals surface area contributed by atoms with Gasteiger partial charge < -0.3 is 14.7 Å². The second-order valence-electron chi connectivity index (χ2n) is 9.79. The van der Waals surface area contributed by atoms with E-state index in [1.54, 1.807) is 43.6 Å². The van der Waals surface area contributed by atoms with Gasteiger partial charge in [0.1, 0.15) is 11.9 Å². The Bertz CT molecular complexity index is 1220. The normalized spacial score (nSPS) is 19.1. The van der Waals surface area contributed by atoms with Crippen molar-refractivity contribution in [2.24, 2.45) is 11.8 Å². The van der Waals surface area contributed by atoms with Gasteiger partial charge in [0.15, 0.2) is 11.6 Å². The minimum atomic E-state index is -1.23. The number of ether oxygens (including phenoxy) is 1. The number of methoxy groups -OCH3 is 1. The van der Waals surface area contributed by atoms with E-state index in [2.05, 4.69) is 9.88 Å². The lowest BCUT2D eigenvalue weighted by Gasteiger charge is -2.37. The molecule has 3 aromatic rings. The molecule has 0 radical (unpaired) electrons. The highest BCUT2D eigenvalue weighted by molar-refractivity contribution is 5.83. The van der Waals surface area contributed by atoms with Gasteiger partial charge in [-0.1, -0.05) is 12.1 Å². The molecule has 1 aliphatic heterocycles. The molecule has 1 fully saturated rings. The van der Waals surface area contributed by atoms with Crippen molar-refractivity contribution in [3.63, 3.8) is 0 Å². The molecule has 1 saturated heterocycles. The molecule has 1 aromatic heterocycles. The number of carbonyl (C=O) groups is 1. The highest BCUT2D eigenvalue weighted by Crippen LogP contribution is 2.35. The number of halogens is 3. The molecule has 198 valence electrons. The minimum absolute atomic E-state index is 0.101. The third kappa shape index (κ3) is 6.60. The van der Waals surface area contributed by atoms with Crippen molar-refractivity contribution in [3.05, 3.63) is 71.4 Å². The quantitative estimate of drug-likeness (QED) is 0.302. The Morgan fingerprint density at radius 1 is 1.22 bits per heavy atom. The highest BCUT2D eigenvalue weighted by atomic mass is 19.2. The fraction of sp³-hybridized carbons (Fsp3) is 0.448. The molecule has 2 heterocycles. The molecule has 0 spiro atoms. The minimum Gasteiger partial charge on any atom is -0.497 e. The zero-order valence-corrected chi connectivity index (χ0v) is 21.0. The molecule has 0 bridgehead atoms. The molecule has 8 heteroatoms. The van der Waals surface area contributed by atoms with Crippen molar-refractivity contribution in [2.45, 2.75) is 44.7 Å². The van der Waals surface area contributed by atoms with E-state index in [-0.39, 0.29) is 12.3 Å². The number of piperidine rings is 1. The van der Waals surface area contributed by atoms with Crippen LogP contribution >= 0.6 is 0 Å². The topological polar surface area (TPSA) is 62.7 Å². The number of aliphatic carboxylic acids is 1. The van der Waals surface area contributed by atoms with Crippen LogP contribution < -0.4 is 4.74 Å². The number of unbranched alkanes of at least 4 members (excludes halogenated alkanes) is 1. The largest absolute Gasteiger partial charge is 0.497 e. The third-order valence-corrected chi connectivity index (χ3v) is 7.47. The van der Waals surface area contributed by atoms with E-state index in [0.29, 0.717) is 66.6 Å².